The van der Waals surface area contributed by atoms with E-state index in [1.54, 1.807) is 0 Å². The molecule has 4 heteroatoms. The van der Waals surface area contributed by atoms with E-state index in [9.17, 15) is 0 Å². The minimum absolute atomic E-state index is 0.799. The fraction of sp³-hybridized carbons (Fsp3) is 0.235. The van der Waals surface area contributed by atoms with E-state index >= 15 is 0 Å². The van der Waals surface area contributed by atoms with E-state index in [1.165, 1.54) is 11.3 Å². The van der Waals surface area contributed by atoms with Gasteiger partial charge in [-0.15, -0.1) is 0 Å². The van der Waals surface area contributed by atoms with E-state index in [0.29, 0.717) is 0 Å². The van der Waals surface area contributed by atoms with Crippen molar-refractivity contribution in [2.24, 2.45) is 0 Å². The molecule has 3 rings (SSSR count). The summed E-state index contributed by atoms with van der Waals surface area (Å²) in [4.78, 5) is 0. The molecule has 2 aromatic heterocycles. The topological polar surface area (TPSA) is 34.8 Å². The first-order valence-corrected chi connectivity index (χ1v) is 7.29. The van der Waals surface area contributed by atoms with Gasteiger partial charge in [0.25, 0.3) is 0 Å². The number of nitrogens with zero attached hydrogens (tertiary/aromatic N) is 3. The monoisotopic (exact) mass is 280 g/mol. The van der Waals surface area contributed by atoms with Gasteiger partial charge in [0.2, 0.25) is 0 Å². The maximum absolute atomic E-state index is 4.40. The molecular formula is C17H20N4. The minimum Gasteiger partial charge on any atom is -0.377 e. The molecule has 4 nitrogen and oxygen atoms in total. The van der Waals surface area contributed by atoms with Crippen LogP contribution in [0.25, 0.3) is 0 Å². The van der Waals surface area contributed by atoms with Crippen LogP contribution in [0.2, 0.25) is 0 Å². The number of benzene rings is 1. The van der Waals surface area contributed by atoms with Crippen molar-refractivity contribution in [2.75, 3.05) is 5.32 Å². The Morgan fingerprint density at radius 3 is 2.76 bits per heavy atom. The smallest absolute Gasteiger partial charge is 0.0729 e. The Hall–Kier alpha value is -2.49. The van der Waals surface area contributed by atoms with Crippen LogP contribution in [0.3, 0.4) is 0 Å². The van der Waals surface area contributed by atoms with Crippen LogP contribution in [0.4, 0.5) is 5.69 Å². The quantitative estimate of drug-likeness (QED) is 0.751. The first-order valence-electron chi connectivity index (χ1n) is 7.29. The molecule has 0 saturated heterocycles. The van der Waals surface area contributed by atoms with Crippen LogP contribution in [0.1, 0.15) is 18.2 Å². The van der Waals surface area contributed by atoms with Crippen LogP contribution in [-0.2, 0) is 19.6 Å². The molecule has 0 atom stereocenters. The van der Waals surface area contributed by atoms with Crippen LogP contribution in [-0.4, -0.2) is 14.3 Å². The number of aromatic nitrogens is 3. The molecule has 0 amide bonds. The summed E-state index contributed by atoms with van der Waals surface area (Å²) in [6, 6.07) is 14.6. The second kappa shape index (κ2) is 6.31. The largest absolute Gasteiger partial charge is 0.377 e. The van der Waals surface area contributed by atoms with Crippen molar-refractivity contribution in [1.82, 2.24) is 14.3 Å². The first-order chi connectivity index (χ1) is 10.3. The Morgan fingerprint density at radius 1 is 1.10 bits per heavy atom. The molecule has 3 aromatic rings. The summed E-state index contributed by atoms with van der Waals surface area (Å²) < 4.78 is 4.19. The number of hydrogen-bond acceptors (Lipinski definition) is 2. The Balaban J connectivity index is 1.60. The van der Waals surface area contributed by atoms with Crippen LogP contribution in [0, 0.1) is 0 Å². The van der Waals surface area contributed by atoms with Crippen LogP contribution in [0.15, 0.2) is 61.1 Å². The number of nitrogens with one attached hydrogen (secondary N) is 1. The SMILES string of the molecule is CCn1cccc1CNc1cnn(Cc2ccccc2)c1. The van der Waals surface area contributed by atoms with E-state index < -0.39 is 0 Å². The molecule has 21 heavy (non-hydrogen) atoms. The zero-order valence-corrected chi connectivity index (χ0v) is 12.2. The lowest BCUT2D eigenvalue weighted by molar-refractivity contribution is 0.687. The summed E-state index contributed by atoms with van der Waals surface area (Å²) in [5, 5.41) is 7.83. The van der Waals surface area contributed by atoms with Gasteiger partial charge in [0, 0.05) is 24.6 Å². The van der Waals surface area contributed by atoms with Crippen molar-refractivity contribution in [2.45, 2.75) is 26.6 Å². The molecule has 0 spiro atoms. The maximum atomic E-state index is 4.40. The lowest BCUT2D eigenvalue weighted by atomic mass is 10.2. The summed E-state index contributed by atoms with van der Waals surface area (Å²) in [6.45, 7) is 4.77. The zero-order valence-electron chi connectivity index (χ0n) is 12.2. The average molecular weight is 280 g/mol. The second-order valence-electron chi connectivity index (χ2n) is 5.05. The molecule has 2 heterocycles. The normalized spacial score (nSPS) is 10.7. The molecule has 0 unspecified atom stereocenters. The molecule has 0 aliphatic carbocycles. The third-order valence-corrected chi connectivity index (χ3v) is 3.56. The number of aryl methyl sites for hydroxylation is 1. The van der Waals surface area contributed by atoms with Gasteiger partial charge in [0.05, 0.1) is 25.0 Å². The van der Waals surface area contributed by atoms with E-state index in [1.807, 2.05) is 23.1 Å². The molecule has 0 saturated carbocycles. The van der Waals surface area contributed by atoms with Gasteiger partial charge in [-0.1, -0.05) is 30.3 Å². The molecule has 0 radical (unpaired) electrons. The highest BCUT2D eigenvalue weighted by atomic mass is 15.3. The third kappa shape index (κ3) is 3.34. The Bertz CT molecular complexity index is 682. The summed E-state index contributed by atoms with van der Waals surface area (Å²) in [6.07, 6.45) is 6.03. The van der Waals surface area contributed by atoms with E-state index in [0.717, 1.165) is 25.3 Å². The van der Waals surface area contributed by atoms with E-state index in [4.69, 9.17) is 0 Å². The molecular weight excluding hydrogens is 260 g/mol. The minimum atomic E-state index is 0.799. The van der Waals surface area contributed by atoms with Crippen LogP contribution in [0.5, 0.6) is 0 Å². The summed E-state index contributed by atoms with van der Waals surface area (Å²) >= 11 is 0. The number of rotatable bonds is 6. The molecule has 1 aromatic carbocycles. The van der Waals surface area contributed by atoms with Crippen LogP contribution < -0.4 is 5.32 Å². The van der Waals surface area contributed by atoms with Crippen molar-refractivity contribution in [3.05, 3.63) is 72.3 Å². The Labute approximate surface area is 125 Å². The van der Waals surface area contributed by atoms with Crippen molar-refractivity contribution < 1.29 is 0 Å². The number of anilines is 1. The van der Waals surface area contributed by atoms with Crippen molar-refractivity contribution in [3.63, 3.8) is 0 Å². The van der Waals surface area contributed by atoms with Gasteiger partial charge in [0.15, 0.2) is 0 Å². The molecule has 0 bridgehead atoms. The highest BCUT2D eigenvalue weighted by Crippen LogP contribution is 2.10. The molecule has 0 aliphatic rings. The van der Waals surface area contributed by atoms with E-state index in [2.05, 4.69) is 64.5 Å². The molecule has 0 fully saturated rings. The highest BCUT2D eigenvalue weighted by molar-refractivity contribution is 5.39. The van der Waals surface area contributed by atoms with Crippen LogP contribution >= 0.6 is 0 Å². The van der Waals surface area contributed by atoms with Gasteiger partial charge in [-0.05, 0) is 24.6 Å². The predicted octanol–water partition coefficient (Wildman–Crippen LogP) is 3.36. The first kappa shape index (κ1) is 13.5. The fourth-order valence-electron chi connectivity index (χ4n) is 2.42. The van der Waals surface area contributed by atoms with Gasteiger partial charge in [-0.2, -0.15) is 5.10 Å². The molecule has 0 aliphatic heterocycles. The molecule has 108 valence electrons. The Kier molecular flexibility index (Phi) is 4.05. The van der Waals surface area contributed by atoms with Crippen molar-refractivity contribution >= 4 is 5.69 Å². The lowest BCUT2D eigenvalue weighted by Gasteiger charge is -2.07. The standard InChI is InChI=1S/C17H20N4/c1-2-20-10-6-9-17(20)12-18-16-11-19-21(14-16)13-15-7-4-3-5-8-15/h3-11,14,18H,2,12-13H2,1H3. The third-order valence-electron chi connectivity index (χ3n) is 3.56. The van der Waals surface area contributed by atoms with Gasteiger partial charge in [-0.25, -0.2) is 0 Å². The number of hydrogen-bond donors (Lipinski definition) is 1. The predicted molar refractivity (Wildman–Crippen MR) is 85.2 cm³/mol. The lowest BCUT2D eigenvalue weighted by Crippen LogP contribution is -2.05. The summed E-state index contributed by atoms with van der Waals surface area (Å²) in [7, 11) is 0. The Morgan fingerprint density at radius 2 is 1.95 bits per heavy atom. The fourth-order valence-corrected chi connectivity index (χ4v) is 2.42. The van der Waals surface area contributed by atoms with Crippen molar-refractivity contribution in [1.29, 1.82) is 0 Å². The van der Waals surface area contributed by atoms with E-state index in [-0.39, 0.29) is 0 Å². The highest BCUT2D eigenvalue weighted by Gasteiger charge is 2.02. The maximum Gasteiger partial charge on any atom is 0.0729 e. The van der Waals surface area contributed by atoms with Crippen molar-refractivity contribution in [3.8, 4) is 0 Å². The van der Waals surface area contributed by atoms with Gasteiger partial charge in [0.1, 0.15) is 0 Å². The molecule has 1 N–H and O–H groups in total. The second-order valence-corrected chi connectivity index (χ2v) is 5.05. The zero-order chi connectivity index (χ0) is 14.5. The summed E-state index contributed by atoms with van der Waals surface area (Å²) in [5.74, 6) is 0. The average Bonchev–Trinajstić information content (AvgIpc) is 3.15. The van der Waals surface area contributed by atoms with Gasteiger partial charge < -0.3 is 9.88 Å². The summed E-state index contributed by atoms with van der Waals surface area (Å²) in [5.41, 5.74) is 3.59. The van der Waals surface area contributed by atoms with Gasteiger partial charge >= 0.3 is 0 Å². The van der Waals surface area contributed by atoms with Gasteiger partial charge in [-0.3, -0.25) is 4.68 Å².